The lowest BCUT2D eigenvalue weighted by Crippen LogP contribution is -2.35. The number of methoxy groups -OCH3 is 1. The van der Waals surface area contributed by atoms with Gasteiger partial charge in [0.25, 0.3) is 0 Å². The molecule has 114 valence electrons. The van der Waals surface area contributed by atoms with Crippen LogP contribution in [0.3, 0.4) is 0 Å². The molecule has 0 heterocycles. The van der Waals surface area contributed by atoms with E-state index in [2.05, 4.69) is 5.32 Å². The number of amides is 1. The molecule has 2 N–H and O–H groups in total. The fourth-order valence-corrected chi connectivity index (χ4v) is 3.01. The Bertz CT molecular complexity index is 546. The van der Waals surface area contributed by atoms with E-state index in [9.17, 15) is 9.59 Å². The Labute approximate surface area is 128 Å². The average molecular weight is 312 g/mol. The van der Waals surface area contributed by atoms with Crippen LogP contribution in [-0.2, 0) is 16.1 Å². The van der Waals surface area contributed by atoms with Gasteiger partial charge in [-0.05, 0) is 25.0 Å². The van der Waals surface area contributed by atoms with Crippen molar-refractivity contribution in [1.29, 1.82) is 0 Å². The number of carboxylic acids is 1. The van der Waals surface area contributed by atoms with E-state index in [1.54, 1.807) is 18.2 Å². The van der Waals surface area contributed by atoms with Gasteiger partial charge in [0.1, 0.15) is 5.75 Å². The molecule has 0 bridgehead atoms. The lowest BCUT2D eigenvalue weighted by atomic mass is 9.95. The summed E-state index contributed by atoms with van der Waals surface area (Å²) in [5, 5.41) is 12.4. The van der Waals surface area contributed by atoms with E-state index in [0.29, 0.717) is 29.2 Å². The van der Waals surface area contributed by atoms with Gasteiger partial charge < -0.3 is 15.2 Å². The lowest BCUT2D eigenvalue weighted by Gasteiger charge is -2.17. The highest BCUT2D eigenvalue weighted by Gasteiger charge is 2.37. The number of ether oxygens (including phenoxy) is 1. The Morgan fingerprint density at radius 3 is 2.76 bits per heavy atom. The fourth-order valence-electron chi connectivity index (χ4n) is 2.78. The summed E-state index contributed by atoms with van der Waals surface area (Å²) in [6.45, 7) is 0.227. The highest BCUT2D eigenvalue weighted by molar-refractivity contribution is 6.31. The molecule has 1 aromatic carbocycles. The molecule has 21 heavy (non-hydrogen) atoms. The zero-order valence-electron chi connectivity index (χ0n) is 11.8. The molecule has 2 rings (SSSR count). The summed E-state index contributed by atoms with van der Waals surface area (Å²) in [7, 11) is 1.54. The van der Waals surface area contributed by atoms with Gasteiger partial charge >= 0.3 is 5.97 Å². The summed E-state index contributed by atoms with van der Waals surface area (Å²) in [4.78, 5) is 23.3. The maximum Gasteiger partial charge on any atom is 0.307 e. The monoisotopic (exact) mass is 311 g/mol. The van der Waals surface area contributed by atoms with Crippen LogP contribution < -0.4 is 10.1 Å². The lowest BCUT2D eigenvalue weighted by molar-refractivity contribution is -0.146. The molecule has 0 saturated heterocycles. The van der Waals surface area contributed by atoms with E-state index in [0.717, 1.165) is 6.42 Å². The molecule has 2 atom stereocenters. The fraction of sp³-hybridized carbons (Fsp3) is 0.467. The van der Waals surface area contributed by atoms with Gasteiger partial charge in [0.2, 0.25) is 5.91 Å². The van der Waals surface area contributed by atoms with Gasteiger partial charge in [0.05, 0.1) is 18.9 Å². The highest BCUT2D eigenvalue weighted by atomic mass is 35.5. The summed E-state index contributed by atoms with van der Waals surface area (Å²) in [6.07, 6.45) is 1.94. The molecule has 0 aliphatic heterocycles. The molecular formula is C15H18ClNO4. The highest BCUT2D eigenvalue weighted by Crippen LogP contribution is 2.32. The number of nitrogens with one attached hydrogen (secondary N) is 1. The summed E-state index contributed by atoms with van der Waals surface area (Å²) >= 11 is 6.10. The number of carbonyl (C=O) groups excluding carboxylic acids is 1. The third kappa shape index (κ3) is 3.47. The van der Waals surface area contributed by atoms with E-state index in [4.69, 9.17) is 21.4 Å². The second-order valence-corrected chi connectivity index (χ2v) is 5.53. The molecule has 0 aromatic heterocycles. The van der Waals surface area contributed by atoms with Crippen molar-refractivity contribution in [2.75, 3.05) is 7.11 Å². The standard InChI is InChI=1S/C15H18ClNO4/c1-21-13-7-3-6-12(16)11(13)8-17-14(18)9-4-2-5-10(9)15(19)20/h3,6-7,9-10H,2,4-5,8H2,1H3,(H,17,18)(H,19,20)/t9-,10+/m1/s1. The SMILES string of the molecule is COc1cccc(Cl)c1CNC(=O)[C@@H]1CCC[C@@H]1C(=O)O. The first kappa shape index (κ1) is 15.6. The second-order valence-electron chi connectivity index (χ2n) is 5.12. The van der Waals surface area contributed by atoms with Gasteiger partial charge in [0, 0.05) is 17.1 Å². The number of benzene rings is 1. The van der Waals surface area contributed by atoms with Gasteiger partial charge in [0.15, 0.2) is 0 Å². The van der Waals surface area contributed by atoms with Crippen molar-refractivity contribution >= 4 is 23.5 Å². The first-order chi connectivity index (χ1) is 10.0. The van der Waals surface area contributed by atoms with Crippen molar-refractivity contribution in [2.45, 2.75) is 25.8 Å². The maximum atomic E-state index is 12.2. The van der Waals surface area contributed by atoms with Gasteiger partial charge in [-0.3, -0.25) is 9.59 Å². The van der Waals surface area contributed by atoms with E-state index in [1.165, 1.54) is 7.11 Å². The molecular weight excluding hydrogens is 294 g/mol. The first-order valence-corrected chi connectivity index (χ1v) is 7.24. The molecule has 1 aliphatic rings. The molecule has 1 aliphatic carbocycles. The maximum absolute atomic E-state index is 12.2. The predicted molar refractivity (Wildman–Crippen MR) is 78.3 cm³/mol. The van der Waals surface area contributed by atoms with Crippen molar-refractivity contribution < 1.29 is 19.4 Å². The molecule has 1 amide bonds. The van der Waals surface area contributed by atoms with Crippen LogP contribution in [0.1, 0.15) is 24.8 Å². The van der Waals surface area contributed by atoms with Crippen LogP contribution in [0.4, 0.5) is 0 Å². The third-order valence-electron chi connectivity index (χ3n) is 3.91. The number of carbonyl (C=O) groups is 2. The van der Waals surface area contributed by atoms with E-state index in [-0.39, 0.29) is 12.5 Å². The van der Waals surface area contributed by atoms with Crippen LogP contribution in [-0.4, -0.2) is 24.1 Å². The second kappa shape index (κ2) is 6.80. The van der Waals surface area contributed by atoms with Gasteiger partial charge in [-0.2, -0.15) is 0 Å². The zero-order chi connectivity index (χ0) is 15.4. The van der Waals surface area contributed by atoms with Crippen LogP contribution in [0.5, 0.6) is 5.75 Å². The first-order valence-electron chi connectivity index (χ1n) is 6.86. The smallest absolute Gasteiger partial charge is 0.307 e. The van der Waals surface area contributed by atoms with Crippen molar-refractivity contribution in [3.8, 4) is 5.75 Å². The Morgan fingerprint density at radius 1 is 1.38 bits per heavy atom. The quantitative estimate of drug-likeness (QED) is 0.876. The molecule has 0 spiro atoms. The largest absolute Gasteiger partial charge is 0.496 e. The van der Waals surface area contributed by atoms with Crippen molar-refractivity contribution in [3.05, 3.63) is 28.8 Å². The van der Waals surface area contributed by atoms with Gasteiger partial charge in [-0.25, -0.2) is 0 Å². The Morgan fingerprint density at radius 2 is 2.10 bits per heavy atom. The minimum Gasteiger partial charge on any atom is -0.496 e. The normalized spacial score (nSPS) is 21.0. The average Bonchev–Trinajstić information content (AvgIpc) is 2.95. The van der Waals surface area contributed by atoms with Crippen LogP contribution in [0.25, 0.3) is 0 Å². The number of hydrogen-bond donors (Lipinski definition) is 2. The van der Waals surface area contributed by atoms with Crippen LogP contribution in [0, 0.1) is 11.8 Å². The van der Waals surface area contributed by atoms with E-state index >= 15 is 0 Å². The summed E-state index contributed by atoms with van der Waals surface area (Å²) in [6, 6.07) is 5.26. The topological polar surface area (TPSA) is 75.6 Å². The van der Waals surface area contributed by atoms with Gasteiger partial charge in [-0.1, -0.05) is 24.1 Å². The number of rotatable bonds is 5. The molecule has 1 saturated carbocycles. The number of hydrogen-bond acceptors (Lipinski definition) is 3. The predicted octanol–water partition coefficient (Wildman–Crippen LogP) is 2.47. The Hall–Kier alpha value is -1.75. The minimum atomic E-state index is -0.900. The number of carboxylic acid groups (broad SMARTS) is 1. The van der Waals surface area contributed by atoms with E-state index in [1.807, 2.05) is 0 Å². The van der Waals surface area contributed by atoms with Crippen LogP contribution >= 0.6 is 11.6 Å². The Balaban J connectivity index is 2.03. The Kier molecular flexibility index (Phi) is 5.07. The summed E-state index contributed by atoms with van der Waals surface area (Å²) in [5.74, 6) is -1.58. The molecule has 0 radical (unpaired) electrons. The minimum absolute atomic E-state index is 0.227. The summed E-state index contributed by atoms with van der Waals surface area (Å²) in [5.41, 5.74) is 0.694. The molecule has 1 aromatic rings. The summed E-state index contributed by atoms with van der Waals surface area (Å²) < 4.78 is 5.21. The molecule has 0 unspecified atom stereocenters. The molecule has 5 nitrogen and oxygen atoms in total. The molecule has 6 heteroatoms. The van der Waals surface area contributed by atoms with Crippen molar-refractivity contribution in [1.82, 2.24) is 5.32 Å². The number of halogens is 1. The zero-order valence-corrected chi connectivity index (χ0v) is 12.5. The van der Waals surface area contributed by atoms with E-state index < -0.39 is 17.8 Å². The number of aliphatic carboxylic acids is 1. The van der Waals surface area contributed by atoms with Gasteiger partial charge in [-0.15, -0.1) is 0 Å². The molecule has 1 fully saturated rings. The van der Waals surface area contributed by atoms with Crippen LogP contribution in [0.2, 0.25) is 5.02 Å². The van der Waals surface area contributed by atoms with Crippen molar-refractivity contribution in [2.24, 2.45) is 11.8 Å². The van der Waals surface area contributed by atoms with Crippen molar-refractivity contribution in [3.63, 3.8) is 0 Å². The van der Waals surface area contributed by atoms with Crippen LogP contribution in [0.15, 0.2) is 18.2 Å². The third-order valence-corrected chi connectivity index (χ3v) is 4.26.